The molecule has 2 heterocycles. The van der Waals surface area contributed by atoms with Crippen LogP contribution in [-0.4, -0.2) is 29.8 Å². The Morgan fingerprint density at radius 2 is 2.43 bits per heavy atom. The molecule has 0 spiro atoms. The highest BCUT2D eigenvalue weighted by atomic mass is 16.5. The average Bonchev–Trinajstić information content (AvgIpc) is 2.42. The lowest BCUT2D eigenvalue weighted by Gasteiger charge is -2.28. The molecule has 1 saturated heterocycles. The fourth-order valence-electron chi connectivity index (χ4n) is 1.74. The second-order valence-corrected chi connectivity index (χ2v) is 3.88. The Bertz CT molecular complexity index is 304. The third kappa shape index (κ3) is 1.81. The first kappa shape index (κ1) is 9.68. The van der Waals surface area contributed by atoms with E-state index in [-0.39, 0.29) is 0 Å². The Morgan fingerprint density at radius 3 is 3.00 bits per heavy atom. The average molecular weight is 195 g/mol. The second kappa shape index (κ2) is 4.11. The fourth-order valence-corrected chi connectivity index (χ4v) is 1.74. The number of rotatable bonds is 4. The number of nitrogens with zero attached hydrogens (tertiary/aromatic N) is 2. The van der Waals surface area contributed by atoms with E-state index >= 15 is 0 Å². The zero-order chi connectivity index (χ0) is 9.97. The highest BCUT2D eigenvalue weighted by Gasteiger charge is 2.19. The van der Waals surface area contributed by atoms with Gasteiger partial charge in [-0.05, 0) is 6.92 Å². The number of aryl methyl sites for hydroxylation is 1. The number of aromatic nitrogens is 2. The first-order valence-corrected chi connectivity index (χ1v) is 5.02. The standard InChI is InChI=1S/C10H17N3O/c1-8-3-12-10(7-14-2)13(8)6-9-4-11-5-9/h3,9,11H,4-7H2,1-2H3. The Morgan fingerprint density at radius 1 is 1.64 bits per heavy atom. The molecule has 4 nitrogen and oxygen atoms in total. The Balaban J connectivity index is 2.08. The first-order valence-electron chi connectivity index (χ1n) is 5.02. The summed E-state index contributed by atoms with van der Waals surface area (Å²) >= 11 is 0. The SMILES string of the molecule is COCc1ncc(C)n1CC1CNC1. The molecule has 0 bridgehead atoms. The minimum absolute atomic E-state index is 0.605. The van der Waals surface area contributed by atoms with Gasteiger partial charge in [0.25, 0.3) is 0 Å². The maximum atomic E-state index is 5.12. The van der Waals surface area contributed by atoms with Gasteiger partial charge in [0.1, 0.15) is 12.4 Å². The van der Waals surface area contributed by atoms with Crippen molar-refractivity contribution in [3.63, 3.8) is 0 Å². The van der Waals surface area contributed by atoms with E-state index in [1.165, 1.54) is 5.69 Å². The van der Waals surface area contributed by atoms with E-state index in [1.54, 1.807) is 7.11 Å². The van der Waals surface area contributed by atoms with Crippen molar-refractivity contribution in [3.05, 3.63) is 17.7 Å². The van der Waals surface area contributed by atoms with Gasteiger partial charge in [0.15, 0.2) is 0 Å². The Kier molecular flexibility index (Phi) is 2.84. The van der Waals surface area contributed by atoms with Crippen LogP contribution in [0.1, 0.15) is 11.5 Å². The lowest BCUT2D eigenvalue weighted by atomic mass is 10.0. The zero-order valence-electron chi connectivity index (χ0n) is 8.79. The van der Waals surface area contributed by atoms with Crippen molar-refractivity contribution >= 4 is 0 Å². The van der Waals surface area contributed by atoms with Crippen LogP contribution in [0.3, 0.4) is 0 Å². The predicted octanol–water partition coefficient (Wildman–Crippen LogP) is 0.557. The third-order valence-electron chi connectivity index (χ3n) is 2.72. The number of methoxy groups -OCH3 is 1. The number of nitrogens with one attached hydrogen (secondary N) is 1. The van der Waals surface area contributed by atoms with Gasteiger partial charge in [-0.15, -0.1) is 0 Å². The summed E-state index contributed by atoms with van der Waals surface area (Å²) in [5.74, 6) is 1.80. The number of hydrogen-bond donors (Lipinski definition) is 1. The molecule has 0 saturated carbocycles. The van der Waals surface area contributed by atoms with Gasteiger partial charge in [-0.2, -0.15) is 0 Å². The highest BCUT2D eigenvalue weighted by Crippen LogP contribution is 2.12. The molecule has 0 atom stereocenters. The molecule has 14 heavy (non-hydrogen) atoms. The highest BCUT2D eigenvalue weighted by molar-refractivity contribution is 5.03. The molecule has 0 radical (unpaired) electrons. The molecule has 0 aliphatic carbocycles. The van der Waals surface area contributed by atoms with Crippen LogP contribution in [0.5, 0.6) is 0 Å². The molecule has 1 fully saturated rings. The summed E-state index contributed by atoms with van der Waals surface area (Å²) < 4.78 is 7.38. The van der Waals surface area contributed by atoms with Crippen molar-refractivity contribution in [1.82, 2.24) is 14.9 Å². The minimum Gasteiger partial charge on any atom is -0.377 e. The van der Waals surface area contributed by atoms with Crippen LogP contribution in [0.25, 0.3) is 0 Å². The van der Waals surface area contributed by atoms with Crippen molar-refractivity contribution in [2.75, 3.05) is 20.2 Å². The number of ether oxygens (including phenoxy) is 1. The van der Waals surface area contributed by atoms with Crippen LogP contribution in [0.2, 0.25) is 0 Å². The molecule has 1 aromatic heterocycles. The Hall–Kier alpha value is -0.870. The lowest BCUT2D eigenvalue weighted by molar-refractivity contribution is 0.171. The van der Waals surface area contributed by atoms with Crippen LogP contribution < -0.4 is 5.32 Å². The molecule has 0 aromatic carbocycles. The van der Waals surface area contributed by atoms with E-state index in [0.717, 1.165) is 31.4 Å². The van der Waals surface area contributed by atoms with Crippen LogP contribution in [0.4, 0.5) is 0 Å². The van der Waals surface area contributed by atoms with Gasteiger partial charge in [0.2, 0.25) is 0 Å². The van der Waals surface area contributed by atoms with E-state index in [0.29, 0.717) is 6.61 Å². The van der Waals surface area contributed by atoms with Gasteiger partial charge in [-0.1, -0.05) is 0 Å². The molecular formula is C10H17N3O. The molecule has 0 unspecified atom stereocenters. The summed E-state index contributed by atoms with van der Waals surface area (Å²) in [7, 11) is 1.71. The normalized spacial score (nSPS) is 17.0. The van der Waals surface area contributed by atoms with E-state index < -0.39 is 0 Å². The smallest absolute Gasteiger partial charge is 0.134 e. The maximum Gasteiger partial charge on any atom is 0.134 e. The topological polar surface area (TPSA) is 39.1 Å². The van der Waals surface area contributed by atoms with Gasteiger partial charge in [0, 0.05) is 44.6 Å². The molecule has 1 aromatic rings. The molecular weight excluding hydrogens is 178 g/mol. The summed E-state index contributed by atoms with van der Waals surface area (Å²) in [6, 6.07) is 0. The van der Waals surface area contributed by atoms with Crippen LogP contribution in [0, 0.1) is 12.8 Å². The van der Waals surface area contributed by atoms with Crippen LogP contribution in [-0.2, 0) is 17.9 Å². The van der Waals surface area contributed by atoms with E-state index in [1.807, 2.05) is 6.20 Å². The third-order valence-corrected chi connectivity index (χ3v) is 2.72. The van der Waals surface area contributed by atoms with Crippen molar-refractivity contribution in [2.45, 2.75) is 20.1 Å². The van der Waals surface area contributed by atoms with Crippen LogP contribution in [0.15, 0.2) is 6.20 Å². The van der Waals surface area contributed by atoms with E-state index in [9.17, 15) is 0 Å². The minimum atomic E-state index is 0.605. The van der Waals surface area contributed by atoms with E-state index in [2.05, 4.69) is 21.8 Å². The zero-order valence-corrected chi connectivity index (χ0v) is 8.79. The lowest BCUT2D eigenvalue weighted by Crippen LogP contribution is -2.44. The molecule has 78 valence electrons. The molecule has 1 aliphatic heterocycles. The summed E-state index contributed by atoms with van der Waals surface area (Å²) in [6.07, 6.45) is 1.92. The number of imidazole rings is 1. The van der Waals surface area contributed by atoms with Gasteiger partial charge < -0.3 is 14.6 Å². The maximum absolute atomic E-state index is 5.12. The van der Waals surface area contributed by atoms with Gasteiger partial charge in [0.05, 0.1) is 0 Å². The second-order valence-electron chi connectivity index (χ2n) is 3.88. The van der Waals surface area contributed by atoms with Crippen molar-refractivity contribution in [2.24, 2.45) is 5.92 Å². The molecule has 1 N–H and O–H groups in total. The van der Waals surface area contributed by atoms with Gasteiger partial charge in [-0.3, -0.25) is 0 Å². The van der Waals surface area contributed by atoms with Crippen molar-refractivity contribution in [1.29, 1.82) is 0 Å². The fraction of sp³-hybridized carbons (Fsp3) is 0.700. The first-order chi connectivity index (χ1) is 6.81. The van der Waals surface area contributed by atoms with E-state index in [4.69, 9.17) is 4.74 Å². The summed E-state index contributed by atoms with van der Waals surface area (Å²) in [6.45, 7) is 6.03. The molecule has 0 amide bonds. The summed E-state index contributed by atoms with van der Waals surface area (Å²) in [5, 5.41) is 3.28. The summed E-state index contributed by atoms with van der Waals surface area (Å²) in [5.41, 5.74) is 1.23. The molecule has 4 heteroatoms. The molecule has 1 aliphatic rings. The largest absolute Gasteiger partial charge is 0.377 e. The van der Waals surface area contributed by atoms with Crippen molar-refractivity contribution in [3.8, 4) is 0 Å². The van der Waals surface area contributed by atoms with Gasteiger partial charge in [-0.25, -0.2) is 4.98 Å². The number of hydrogen-bond acceptors (Lipinski definition) is 3. The van der Waals surface area contributed by atoms with Crippen molar-refractivity contribution < 1.29 is 4.74 Å². The monoisotopic (exact) mass is 195 g/mol. The van der Waals surface area contributed by atoms with Crippen LogP contribution >= 0.6 is 0 Å². The predicted molar refractivity (Wildman–Crippen MR) is 54.0 cm³/mol. The Labute approximate surface area is 84.3 Å². The quantitative estimate of drug-likeness (QED) is 0.763. The van der Waals surface area contributed by atoms with Gasteiger partial charge >= 0.3 is 0 Å². The summed E-state index contributed by atoms with van der Waals surface area (Å²) in [4.78, 5) is 4.33. The molecule has 2 rings (SSSR count).